The van der Waals surface area contributed by atoms with Crippen LogP contribution in [0.1, 0.15) is 49.5 Å². The van der Waals surface area contributed by atoms with Crippen LogP contribution in [0.15, 0.2) is 42.5 Å². The number of carbonyl (C=O) groups is 4. The molecule has 2 atom stereocenters. The lowest BCUT2D eigenvalue weighted by atomic mass is 9.97. The summed E-state index contributed by atoms with van der Waals surface area (Å²) in [5.74, 6) is -2.16. The highest BCUT2D eigenvalue weighted by Crippen LogP contribution is 2.34. The summed E-state index contributed by atoms with van der Waals surface area (Å²) < 4.78 is 25.7. The van der Waals surface area contributed by atoms with E-state index in [1.807, 2.05) is 24.3 Å². The number of H-pyrrole nitrogens is 1. The summed E-state index contributed by atoms with van der Waals surface area (Å²) in [4.78, 5) is 56.0. The molecule has 1 aromatic heterocycles. The lowest BCUT2D eigenvalue weighted by molar-refractivity contribution is -0.145. The molecule has 4 rings (SSSR count). The average Bonchev–Trinajstić information content (AvgIpc) is 3.57. The first-order valence-corrected chi connectivity index (χ1v) is 13.4. The predicted octanol–water partition coefficient (Wildman–Crippen LogP) is 3.93. The molecule has 0 aliphatic carbocycles. The van der Waals surface area contributed by atoms with E-state index < -0.39 is 41.5 Å². The van der Waals surface area contributed by atoms with Gasteiger partial charge >= 0.3 is 12.1 Å². The summed E-state index contributed by atoms with van der Waals surface area (Å²) in [5, 5.41) is 6.00. The molecule has 0 bridgehead atoms. The smallest absolute Gasteiger partial charge is 0.410 e. The van der Waals surface area contributed by atoms with Crippen molar-refractivity contribution < 1.29 is 33.0 Å². The predicted molar refractivity (Wildman–Crippen MR) is 151 cm³/mol. The van der Waals surface area contributed by atoms with Gasteiger partial charge in [0.05, 0.1) is 12.8 Å². The number of aromatic amines is 1. The van der Waals surface area contributed by atoms with E-state index in [0.717, 1.165) is 0 Å². The summed E-state index contributed by atoms with van der Waals surface area (Å²) in [5.41, 5.74) is 1.28. The Balaban J connectivity index is 1.69. The number of fused-ring (bicyclic) bond motifs is 1. The summed E-state index contributed by atoms with van der Waals surface area (Å²) >= 11 is 0. The van der Waals surface area contributed by atoms with Gasteiger partial charge in [0.1, 0.15) is 23.5 Å². The largest absolute Gasteiger partial charge is 0.467 e. The first-order valence-electron chi connectivity index (χ1n) is 13.4. The number of para-hydroxylation sites is 1. The van der Waals surface area contributed by atoms with Crippen LogP contribution in [-0.4, -0.2) is 72.1 Å². The van der Waals surface area contributed by atoms with Crippen LogP contribution in [-0.2, 0) is 25.5 Å². The van der Waals surface area contributed by atoms with E-state index in [2.05, 4.69) is 15.6 Å². The maximum Gasteiger partial charge on any atom is 0.410 e. The van der Waals surface area contributed by atoms with Gasteiger partial charge < -0.3 is 25.1 Å². The van der Waals surface area contributed by atoms with E-state index in [-0.39, 0.29) is 23.5 Å². The van der Waals surface area contributed by atoms with Crippen molar-refractivity contribution in [3.05, 3.63) is 59.4 Å². The Labute approximate surface area is 237 Å². The number of amides is 3. The fourth-order valence-electron chi connectivity index (χ4n) is 5.03. The molecule has 41 heavy (non-hydrogen) atoms. The van der Waals surface area contributed by atoms with Gasteiger partial charge in [0.15, 0.2) is 0 Å². The molecule has 0 unspecified atom stereocenters. The topological polar surface area (TPSA) is 130 Å². The summed E-state index contributed by atoms with van der Waals surface area (Å²) in [6.45, 7) is 5.59. The van der Waals surface area contributed by atoms with Gasteiger partial charge in [0.25, 0.3) is 5.91 Å². The number of methoxy groups -OCH3 is 1. The molecule has 218 valence electrons. The molecule has 0 radical (unpaired) electrons. The third-order valence-corrected chi connectivity index (χ3v) is 6.93. The zero-order valence-corrected chi connectivity index (χ0v) is 23.8. The van der Waals surface area contributed by atoms with Crippen molar-refractivity contribution in [1.82, 2.24) is 20.5 Å². The monoisotopic (exact) mass is 566 g/mol. The number of likely N-dealkylation sites (tertiary alicyclic amines) is 1. The van der Waals surface area contributed by atoms with Crippen LogP contribution < -0.4 is 10.6 Å². The van der Waals surface area contributed by atoms with Crippen LogP contribution in [0.5, 0.6) is 0 Å². The fourth-order valence-corrected chi connectivity index (χ4v) is 5.03. The lowest BCUT2D eigenvalue weighted by Crippen LogP contribution is -2.52. The second-order valence-corrected chi connectivity index (χ2v) is 10.9. The van der Waals surface area contributed by atoms with Gasteiger partial charge in [-0.05, 0) is 63.4 Å². The molecule has 2 heterocycles. The first-order chi connectivity index (χ1) is 19.4. The molecular weight excluding hydrogens is 531 g/mol. The quantitative estimate of drug-likeness (QED) is 0.372. The minimum absolute atomic E-state index is 0.0411. The Morgan fingerprint density at radius 3 is 2.56 bits per heavy atom. The maximum atomic E-state index is 15.2. The SMILES string of the molecule is CNC(=O)c1ccc(F)c(-c2[nH]c3ccccc3c2C[C@H](NC(=O)[C@@H]2CCCN2C(=O)OC(C)(C)C)C(=O)OC)c1. The van der Waals surface area contributed by atoms with Crippen molar-refractivity contribution in [2.75, 3.05) is 20.7 Å². The summed E-state index contributed by atoms with van der Waals surface area (Å²) in [6, 6.07) is 9.33. The lowest BCUT2D eigenvalue weighted by Gasteiger charge is -2.29. The minimum Gasteiger partial charge on any atom is -0.467 e. The van der Waals surface area contributed by atoms with Crippen LogP contribution in [0, 0.1) is 5.82 Å². The Kier molecular flexibility index (Phi) is 8.65. The number of aromatic nitrogens is 1. The Bertz CT molecular complexity index is 1480. The van der Waals surface area contributed by atoms with Crippen LogP contribution >= 0.6 is 0 Å². The summed E-state index contributed by atoms with van der Waals surface area (Å²) in [6.07, 6.45) is 0.374. The number of nitrogens with one attached hydrogen (secondary N) is 3. The molecule has 3 aromatic rings. The molecule has 3 amide bonds. The van der Waals surface area contributed by atoms with E-state index >= 15 is 4.39 Å². The average molecular weight is 567 g/mol. The van der Waals surface area contributed by atoms with E-state index in [4.69, 9.17) is 9.47 Å². The number of esters is 1. The Hall–Kier alpha value is -4.41. The number of hydrogen-bond acceptors (Lipinski definition) is 6. The van der Waals surface area contributed by atoms with Gasteiger partial charge in [0, 0.05) is 42.0 Å². The summed E-state index contributed by atoms with van der Waals surface area (Å²) in [7, 11) is 2.70. The number of ether oxygens (including phenoxy) is 2. The molecule has 3 N–H and O–H groups in total. The van der Waals surface area contributed by atoms with Crippen LogP contribution in [0.2, 0.25) is 0 Å². The van der Waals surface area contributed by atoms with E-state index in [1.165, 1.54) is 37.3 Å². The van der Waals surface area contributed by atoms with Crippen molar-refractivity contribution in [2.24, 2.45) is 0 Å². The number of halogens is 1. The molecule has 0 spiro atoms. The zero-order valence-electron chi connectivity index (χ0n) is 23.8. The molecule has 0 saturated carbocycles. The number of hydrogen-bond donors (Lipinski definition) is 3. The van der Waals surface area contributed by atoms with Gasteiger partial charge in [-0.1, -0.05) is 18.2 Å². The van der Waals surface area contributed by atoms with E-state index in [0.29, 0.717) is 41.5 Å². The van der Waals surface area contributed by atoms with Gasteiger partial charge in [-0.2, -0.15) is 0 Å². The highest BCUT2D eigenvalue weighted by atomic mass is 19.1. The fraction of sp³-hybridized carbons (Fsp3) is 0.400. The number of carbonyl (C=O) groups excluding carboxylic acids is 4. The first kappa shape index (κ1) is 29.6. The standard InChI is InChI=1S/C30H35FN4O6/c1-30(2,3)41-29(39)35-14-8-11-24(35)27(37)34-23(28(38)40-5)16-19-18-9-6-7-10-22(18)33-25(19)20-15-17(26(36)32-4)12-13-21(20)31/h6-7,9-10,12-13,15,23-24,33H,8,11,14,16H2,1-5H3,(H,32,36)(H,34,37)/t23-,24-/m0/s1. The number of nitrogens with zero attached hydrogens (tertiary/aromatic N) is 1. The molecular formula is C30H35FN4O6. The Morgan fingerprint density at radius 2 is 1.88 bits per heavy atom. The van der Waals surface area contributed by atoms with E-state index in [1.54, 1.807) is 20.8 Å². The van der Waals surface area contributed by atoms with Crippen molar-refractivity contribution in [3.63, 3.8) is 0 Å². The maximum absolute atomic E-state index is 15.2. The molecule has 10 nitrogen and oxygen atoms in total. The van der Waals surface area contributed by atoms with Crippen LogP contribution in [0.4, 0.5) is 9.18 Å². The second kappa shape index (κ2) is 12.0. The van der Waals surface area contributed by atoms with Gasteiger partial charge in [0.2, 0.25) is 5.91 Å². The van der Waals surface area contributed by atoms with Crippen molar-refractivity contribution in [2.45, 2.75) is 57.7 Å². The molecule has 1 aliphatic heterocycles. The number of benzene rings is 2. The molecule has 1 aliphatic rings. The number of rotatable bonds is 7. The minimum atomic E-state index is -1.14. The normalized spacial score (nSPS) is 15.9. The molecule has 1 saturated heterocycles. The van der Waals surface area contributed by atoms with Crippen LogP contribution in [0.3, 0.4) is 0 Å². The van der Waals surface area contributed by atoms with Crippen molar-refractivity contribution in [3.8, 4) is 11.3 Å². The Morgan fingerprint density at radius 1 is 1.15 bits per heavy atom. The van der Waals surface area contributed by atoms with Crippen LogP contribution in [0.25, 0.3) is 22.2 Å². The molecule has 11 heteroatoms. The van der Waals surface area contributed by atoms with Crippen molar-refractivity contribution in [1.29, 1.82) is 0 Å². The van der Waals surface area contributed by atoms with Gasteiger partial charge in [-0.3, -0.25) is 14.5 Å². The zero-order chi connectivity index (χ0) is 29.9. The van der Waals surface area contributed by atoms with E-state index in [9.17, 15) is 19.2 Å². The van der Waals surface area contributed by atoms with Gasteiger partial charge in [-0.25, -0.2) is 14.0 Å². The van der Waals surface area contributed by atoms with Crippen molar-refractivity contribution >= 4 is 34.8 Å². The third-order valence-electron chi connectivity index (χ3n) is 6.93. The van der Waals surface area contributed by atoms with Gasteiger partial charge in [-0.15, -0.1) is 0 Å². The molecule has 2 aromatic carbocycles. The third kappa shape index (κ3) is 6.50. The second-order valence-electron chi connectivity index (χ2n) is 10.9. The molecule has 1 fully saturated rings. The highest BCUT2D eigenvalue weighted by molar-refractivity contribution is 5.97. The highest BCUT2D eigenvalue weighted by Gasteiger charge is 2.38.